The van der Waals surface area contributed by atoms with E-state index in [1.807, 2.05) is 48.5 Å². The molecule has 0 saturated carbocycles. The fraction of sp³-hybridized carbons (Fsp3) is 0.360. The second kappa shape index (κ2) is 10.1. The second-order valence-electron chi connectivity index (χ2n) is 8.22. The summed E-state index contributed by atoms with van der Waals surface area (Å²) in [5, 5.41) is 0. The van der Waals surface area contributed by atoms with E-state index in [4.69, 9.17) is 9.47 Å². The molecule has 1 fully saturated rings. The van der Waals surface area contributed by atoms with Crippen molar-refractivity contribution in [2.75, 3.05) is 47.5 Å². The molecule has 0 bridgehead atoms. The van der Waals surface area contributed by atoms with E-state index in [0.29, 0.717) is 26.2 Å². The zero-order chi connectivity index (χ0) is 24.2. The van der Waals surface area contributed by atoms with Gasteiger partial charge in [-0.25, -0.2) is 0 Å². The molecule has 3 amide bonds. The van der Waals surface area contributed by atoms with Gasteiger partial charge in [0.25, 0.3) is 0 Å². The molecule has 0 aromatic heterocycles. The maximum absolute atomic E-state index is 12.3. The Morgan fingerprint density at radius 1 is 0.824 bits per heavy atom. The number of Topliss-reactive ketones (excluding diaryl/α,β-unsaturated/α-hetero) is 1. The number of fused-ring (bicyclic) bond motifs is 2. The highest BCUT2D eigenvalue weighted by atomic mass is 16.7. The first kappa shape index (κ1) is 23.6. The van der Waals surface area contributed by atoms with Gasteiger partial charge in [0, 0.05) is 26.0 Å². The number of para-hydroxylation sites is 3. The maximum atomic E-state index is 12.3. The molecule has 178 valence electrons. The van der Waals surface area contributed by atoms with Gasteiger partial charge in [0.1, 0.15) is 6.54 Å². The highest BCUT2D eigenvalue weighted by molar-refractivity contribution is 6.10. The van der Waals surface area contributed by atoms with Crippen molar-refractivity contribution in [3.63, 3.8) is 0 Å². The molecular weight excluding hydrogens is 438 g/mol. The molecule has 9 heteroatoms. The fourth-order valence-corrected chi connectivity index (χ4v) is 4.24. The first-order valence-electron chi connectivity index (χ1n) is 11.1. The number of hydrogen-bond acceptors (Lipinski definition) is 6. The number of benzene rings is 2. The molecule has 2 aromatic rings. The summed E-state index contributed by atoms with van der Waals surface area (Å²) in [4.78, 5) is 51.2. The van der Waals surface area contributed by atoms with Gasteiger partial charge in [-0.15, -0.1) is 0 Å². The zero-order valence-corrected chi connectivity index (χ0v) is 19.2. The van der Waals surface area contributed by atoms with Crippen molar-refractivity contribution in [1.82, 2.24) is 0 Å². The lowest BCUT2D eigenvalue weighted by Gasteiger charge is -2.36. The molecule has 5 rings (SSSR count). The van der Waals surface area contributed by atoms with Crippen LogP contribution in [-0.2, 0) is 35.1 Å². The van der Waals surface area contributed by atoms with E-state index in [1.54, 1.807) is 4.90 Å². The molecule has 3 aliphatic rings. The number of carbonyl (C=O) groups is 4. The number of carbonyl (C=O) groups excluding carboxylic acids is 4. The van der Waals surface area contributed by atoms with Crippen molar-refractivity contribution in [1.29, 1.82) is 0 Å². The lowest BCUT2D eigenvalue weighted by Crippen LogP contribution is -2.49. The van der Waals surface area contributed by atoms with E-state index in [9.17, 15) is 19.2 Å². The average molecular weight is 466 g/mol. The third-order valence-corrected chi connectivity index (χ3v) is 5.84. The Bertz CT molecular complexity index is 1110. The summed E-state index contributed by atoms with van der Waals surface area (Å²) in [6.07, 6.45) is 0.0517. The highest BCUT2D eigenvalue weighted by Gasteiger charge is 2.33. The first-order valence-corrected chi connectivity index (χ1v) is 11.1. The van der Waals surface area contributed by atoms with E-state index < -0.39 is 6.29 Å². The van der Waals surface area contributed by atoms with E-state index in [2.05, 4.69) is 0 Å². The summed E-state index contributed by atoms with van der Waals surface area (Å²) >= 11 is 0. The minimum atomic E-state index is -0.393. The van der Waals surface area contributed by atoms with Gasteiger partial charge in [-0.05, 0) is 23.8 Å². The SMILES string of the molecule is CC(=O)N1CC(=O)Cc2ccccc21.CC(=O)N1CC(=O)N(CC2OCCO2)c2ccccc21. The Kier molecular flexibility index (Phi) is 7.04. The van der Waals surface area contributed by atoms with Gasteiger partial charge in [0.15, 0.2) is 12.1 Å². The van der Waals surface area contributed by atoms with E-state index in [0.717, 1.165) is 22.6 Å². The van der Waals surface area contributed by atoms with Crippen LogP contribution in [0, 0.1) is 0 Å². The van der Waals surface area contributed by atoms with Crippen LogP contribution < -0.4 is 14.7 Å². The lowest BCUT2D eigenvalue weighted by molar-refractivity contribution is -0.122. The predicted molar refractivity (Wildman–Crippen MR) is 126 cm³/mol. The number of rotatable bonds is 2. The van der Waals surface area contributed by atoms with Crippen LogP contribution >= 0.6 is 0 Å². The number of amides is 3. The Labute approximate surface area is 197 Å². The molecule has 0 radical (unpaired) electrons. The molecule has 9 nitrogen and oxygen atoms in total. The minimum absolute atomic E-state index is 0.0546. The third kappa shape index (κ3) is 5.00. The Morgan fingerprint density at radius 2 is 1.38 bits per heavy atom. The van der Waals surface area contributed by atoms with Crippen LogP contribution in [0.15, 0.2) is 48.5 Å². The number of anilines is 3. The smallest absolute Gasteiger partial charge is 0.247 e. The standard InChI is InChI=1S/C14H16N2O4.C11H11NO2/c1-10(17)15-8-13(18)16(9-14-19-6-7-20-14)12-5-3-2-4-11(12)15;1-8(13)12-7-10(14)6-9-4-2-3-5-11(9)12/h2-5,14H,6-9H2,1H3;2-5H,6-7H2,1H3. The van der Waals surface area contributed by atoms with Crippen molar-refractivity contribution in [3.05, 3.63) is 54.1 Å². The first-order chi connectivity index (χ1) is 16.3. The summed E-state index contributed by atoms with van der Waals surface area (Å²) in [6, 6.07) is 14.9. The molecule has 3 heterocycles. The van der Waals surface area contributed by atoms with Crippen LogP contribution in [0.2, 0.25) is 0 Å². The summed E-state index contributed by atoms with van der Waals surface area (Å²) in [5.41, 5.74) is 3.29. The van der Waals surface area contributed by atoms with Gasteiger partial charge in [-0.3, -0.25) is 19.2 Å². The Morgan fingerprint density at radius 3 is 2.03 bits per heavy atom. The summed E-state index contributed by atoms with van der Waals surface area (Å²) < 4.78 is 10.8. The quantitative estimate of drug-likeness (QED) is 0.673. The monoisotopic (exact) mass is 465 g/mol. The fourth-order valence-electron chi connectivity index (χ4n) is 4.24. The van der Waals surface area contributed by atoms with Crippen molar-refractivity contribution < 1.29 is 28.7 Å². The van der Waals surface area contributed by atoms with Gasteiger partial charge < -0.3 is 24.2 Å². The molecule has 0 N–H and O–H groups in total. The molecule has 3 aliphatic heterocycles. The number of ketones is 1. The van der Waals surface area contributed by atoms with Crippen LogP contribution in [0.5, 0.6) is 0 Å². The molecule has 0 atom stereocenters. The molecule has 34 heavy (non-hydrogen) atoms. The van der Waals surface area contributed by atoms with Crippen LogP contribution in [0.1, 0.15) is 19.4 Å². The van der Waals surface area contributed by atoms with Crippen molar-refractivity contribution in [2.45, 2.75) is 26.6 Å². The normalized spacial score (nSPS) is 17.6. The van der Waals surface area contributed by atoms with Crippen LogP contribution in [0.4, 0.5) is 17.1 Å². The molecule has 0 unspecified atom stereocenters. The lowest BCUT2D eigenvalue weighted by atomic mass is 10.0. The highest BCUT2D eigenvalue weighted by Crippen LogP contribution is 2.33. The molecule has 0 aliphatic carbocycles. The minimum Gasteiger partial charge on any atom is -0.348 e. The topological polar surface area (TPSA) is 96.5 Å². The zero-order valence-electron chi connectivity index (χ0n) is 19.2. The van der Waals surface area contributed by atoms with Gasteiger partial charge in [-0.2, -0.15) is 0 Å². The van der Waals surface area contributed by atoms with Crippen LogP contribution in [-0.4, -0.2) is 62.6 Å². The molecular formula is C25H27N3O6. The Balaban J connectivity index is 0.000000172. The second-order valence-corrected chi connectivity index (χ2v) is 8.22. The summed E-state index contributed by atoms with van der Waals surface area (Å²) in [5.74, 6) is -0.249. The van der Waals surface area contributed by atoms with E-state index in [1.165, 1.54) is 23.6 Å². The average Bonchev–Trinajstić information content (AvgIpc) is 3.33. The molecule has 1 saturated heterocycles. The van der Waals surface area contributed by atoms with Crippen molar-refractivity contribution >= 4 is 40.6 Å². The van der Waals surface area contributed by atoms with E-state index >= 15 is 0 Å². The maximum Gasteiger partial charge on any atom is 0.247 e. The predicted octanol–water partition coefficient (Wildman–Crippen LogP) is 1.92. The Hall–Kier alpha value is -3.56. The van der Waals surface area contributed by atoms with Gasteiger partial charge >= 0.3 is 0 Å². The van der Waals surface area contributed by atoms with Crippen LogP contribution in [0.3, 0.4) is 0 Å². The number of nitrogens with zero attached hydrogens (tertiary/aromatic N) is 3. The summed E-state index contributed by atoms with van der Waals surface area (Å²) in [6.45, 7) is 4.66. The number of hydrogen-bond donors (Lipinski definition) is 0. The third-order valence-electron chi connectivity index (χ3n) is 5.84. The van der Waals surface area contributed by atoms with Crippen molar-refractivity contribution in [2.24, 2.45) is 0 Å². The molecule has 2 aromatic carbocycles. The summed E-state index contributed by atoms with van der Waals surface area (Å²) in [7, 11) is 0. The molecule has 0 spiro atoms. The largest absolute Gasteiger partial charge is 0.348 e. The van der Waals surface area contributed by atoms with E-state index in [-0.39, 0.29) is 36.6 Å². The van der Waals surface area contributed by atoms with Gasteiger partial charge in [0.05, 0.1) is 37.7 Å². The van der Waals surface area contributed by atoms with Gasteiger partial charge in [0.2, 0.25) is 17.7 Å². The van der Waals surface area contributed by atoms with Gasteiger partial charge in [-0.1, -0.05) is 30.3 Å². The van der Waals surface area contributed by atoms with Crippen molar-refractivity contribution in [3.8, 4) is 0 Å². The number of ether oxygens (including phenoxy) is 2. The van der Waals surface area contributed by atoms with Crippen LogP contribution in [0.25, 0.3) is 0 Å².